The van der Waals surface area contributed by atoms with Gasteiger partial charge in [-0.15, -0.1) is 0 Å². The summed E-state index contributed by atoms with van der Waals surface area (Å²) in [6, 6.07) is 0. The van der Waals surface area contributed by atoms with Gasteiger partial charge in [-0.2, -0.15) is 0 Å². The number of ketones is 1. The summed E-state index contributed by atoms with van der Waals surface area (Å²) < 4.78 is 33.6. The predicted octanol–water partition coefficient (Wildman–Crippen LogP) is 2.45. The second kappa shape index (κ2) is 8.73. The molecule has 0 aromatic heterocycles. The first kappa shape index (κ1) is 22.3. The van der Waals surface area contributed by atoms with Gasteiger partial charge in [0.15, 0.2) is 5.78 Å². The number of hydrogen-bond acceptors (Lipinski definition) is 8. The zero-order valence-electron chi connectivity index (χ0n) is 15.7. The first-order chi connectivity index (χ1) is 11.4. The number of nitrogens with two attached hydrogens (primary N) is 1. The van der Waals surface area contributed by atoms with Gasteiger partial charge >= 0.3 is 13.6 Å². The Morgan fingerprint density at radius 1 is 1.36 bits per heavy atom. The van der Waals surface area contributed by atoms with Gasteiger partial charge in [0.2, 0.25) is 6.79 Å². The van der Waals surface area contributed by atoms with Gasteiger partial charge in [0.25, 0.3) is 0 Å². The van der Waals surface area contributed by atoms with Crippen molar-refractivity contribution in [3.63, 3.8) is 0 Å². The van der Waals surface area contributed by atoms with Crippen LogP contribution in [0.5, 0.6) is 0 Å². The minimum atomic E-state index is -3.63. The summed E-state index contributed by atoms with van der Waals surface area (Å²) in [5.74, 6) is -0.735. The standard InChI is InChI=1S/C16H30NO7P/c1-6-15(2,3)7-13(19)21-10-24-25(20)11-22-14(12(18)8-17)16(4,5)9-23-25/h14H,6-11,17H2,1-5H3/t14-,25+/m0/s1. The molecule has 0 saturated carbocycles. The molecule has 0 spiro atoms. The Kier molecular flexibility index (Phi) is 7.77. The van der Waals surface area contributed by atoms with Gasteiger partial charge in [-0.05, 0) is 5.41 Å². The average molecular weight is 379 g/mol. The SMILES string of the molecule is CCC(C)(C)CC(=O)OCO[P@@]1(=O)CO[C@@H](C(=O)CN)C(C)(C)CO1. The minimum Gasteiger partial charge on any atom is -0.438 e. The molecule has 25 heavy (non-hydrogen) atoms. The molecule has 1 heterocycles. The quantitative estimate of drug-likeness (QED) is 0.389. The van der Waals surface area contributed by atoms with E-state index in [-0.39, 0.29) is 30.8 Å². The summed E-state index contributed by atoms with van der Waals surface area (Å²) in [6.07, 6.45) is -0.173. The molecular weight excluding hydrogens is 349 g/mol. The first-order valence-electron chi connectivity index (χ1n) is 8.33. The largest absolute Gasteiger partial charge is 0.438 e. The Morgan fingerprint density at radius 2 is 2.00 bits per heavy atom. The number of carbonyl (C=O) groups excluding carboxylic acids is 2. The van der Waals surface area contributed by atoms with Crippen molar-refractivity contribution < 1.29 is 32.7 Å². The Hall–Kier alpha value is -0.790. The zero-order chi connectivity index (χ0) is 19.3. The lowest BCUT2D eigenvalue weighted by Crippen LogP contribution is -2.43. The third kappa shape index (κ3) is 6.79. The van der Waals surface area contributed by atoms with E-state index in [1.807, 2.05) is 20.8 Å². The molecule has 0 bridgehead atoms. The molecule has 2 atom stereocenters. The average Bonchev–Trinajstić information content (AvgIpc) is 2.63. The minimum absolute atomic E-state index is 0.00248. The fourth-order valence-corrected chi connectivity index (χ4v) is 3.52. The van der Waals surface area contributed by atoms with Crippen LogP contribution in [0, 0.1) is 10.8 Å². The van der Waals surface area contributed by atoms with Gasteiger partial charge in [0.05, 0.1) is 19.6 Å². The van der Waals surface area contributed by atoms with Gasteiger partial charge in [0, 0.05) is 5.41 Å². The maximum absolute atomic E-state index is 12.6. The van der Waals surface area contributed by atoms with E-state index in [1.165, 1.54) is 0 Å². The smallest absolute Gasteiger partial charge is 0.359 e. The summed E-state index contributed by atoms with van der Waals surface area (Å²) in [6.45, 7) is 8.74. The molecule has 2 N–H and O–H groups in total. The normalized spacial score (nSPS) is 26.7. The highest BCUT2D eigenvalue weighted by Gasteiger charge is 2.43. The molecule has 9 heteroatoms. The molecule has 1 rings (SSSR count). The highest BCUT2D eigenvalue weighted by atomic mass is 31.2. The Morgan fingerprint density at radius 3 is 2.56 bits per heavy atom. The van der Waals surface area contributed by atoms with E-state index < -0.39 is 38.2 Å². The Labute approximate surface area is 149 Å². The number of esters is 1. The van der Waals surface area contributed by atoms with Crippen LogP contribution in [-0.2, 0) is 32.7 Å². The molecule has 0 aliphatic carbocycles. The summed E-state index contributed by atoms with van der Waals surface area (Å²) in [7, 11) is -3.63. The van der Waals surface area contributed by atoms with Crippen LogP contribution in [0.15, 0.2) is 0 Å². The lowest BCUT2D eigenvalue weighted by Gasteiger charge is -2.29. The fourth-order valence-electron chi connectivity index (χ4n) is 2.22. The van der Waals surface area contributed by atoms with Crippen molar-refractivity contribution >= 4 is 19.3 Å². The van der Waals surface area contributed by atoms with Gasteiger partial charge in [-0.1, -0.05) is 41.0 Å². The number of ether oxygens (including phenoxy) is 2. The third-order valence-electron chi connectivity index (χ3n) is 4.29. The lowest BCUT2D eigenvalue weighted by atomic mass is 9.85. The van der Waals surface area contributed by atoms with Crippen LogP contribution in [0.4, 0.5) is 0 Å². The Balaban J connectivity index is 2.58. The summed E-state index contributed by atoms with van der Waals surface area (Å²) >= 11 is 0. The first-order valence-corrected chi connectivity index (χ1v) is 10.1. The summed E-state index contributed by atoms with van der Waals surface area (Å²) in [5, 5.41) is 0. The molecule has 1 fully saturated rings. The van der Waals surface area contributed by atoms with Gasteiger partial charge in [-0.3, -0.25) is 18.7 Å². The van der Waals surface area contributed by atoms with Crippen LogP contribution in [0.2, 0.25) is 0 Å². The van der Waals surface area contributed by atoms with E-state index in [2.05, 4.69) is 0 Å². The molecule has 0 unspecified atom stereocenters. The molecule has 1 aliphatic rings. The highest BCUT2D eigenvalue weighted by Crippen LogP contribution is 2.52. The van der Waals surface area contributed by atoms with Crippen molar-refractivity contribution in [2.24, 2.45) is 16.6 Å². The van der Waals surface area contributed by atoms with Gasteiger partial charge in [-0.25, -0.2) is 0 Å². The van der Waals surface area contributed by atoms with E-state index >= 15 is 0 Å². The zero-order valence-corrected chi connectivity index (χ0v) is 16.6. The topological polar surface area (TPSA) is 114 Å². The van der Waals surface area contributed by atoms with E-state index in [4.69, 9.17) is 24.3 Å². The van der Waals surface area contributed by atoms with E-state index in [1.54, 1.807) is 13.8 Å². The maximum Gasteiger partial charge on any atom is 0.359 e. The van der Waals surface area contributed by atoms with Gasteiger partial charge in [0.1, 0.15) is 12.5 Å². The molecule has 146 valence electrons. The van der Waals surface area contributed by atoms with Crippen LogP contribution >= 0.6 is 7.60 Å². The Bertz CT molecular complexity index is 533. The molecule has 0 amide bonds. The van der Waals surface area contributed by atoms with Crippen LogP contribution in [0.1, 0.15) is 47.5 Å². The number of Topliss-reactive ketones (excluding diaryl/α,β-unsaturated/α-hetero) is 1. The monoisotopic (exact) mass is 379 g/mol. The summed E-state index contributed by atoms with van der Waals surface area (Å²) in [5.41, 5.74) is 4.51. The van der Waals surface area contributed by atoms with Crippen LogP contribution in [0.3, 0.4) is 0 Å². The molecule has 1 saturated heterocycles. The highest BCUT2D eigenvalue weighted by molar-refractivity contribution is 7.53. The molecular formula is C16H30NO7P. The maximum atomic E-state index is 12.6. The van der Waals surface area contributed by atoms with Crippen LogP contribution in [0.25, 0.3) is 0 Å². The molecule has 0 aromatic carbocycles. The molecule has 1 aliphatic heterocycles. The lowest BCUT2D eigenvalue weighted by molar-refractivity contribution is -0.153. The second-order valence-corrected chi connectivity index (χ2v) is 9.67. The second-order valence-electron chi connectivity index (χ2n) is 7.68. The number of carbonyl (C=O) groups is 2. The van der Waals surface area contributed by atoms with Crippen molar-refractivity contribution in [3.8, 4) is 0 Å². The van der Waals surface area contributed by atoms with Crippen molar-refractivity contribution in [2.45, 2.75) is 53.6 Å². The van der Waals surface area contributed by atoms with Crippen molar-refractivity contribution in [2.75, 3.05) is 26.3 Å². The molecule has 8 nitrogen and oxygen atoms in total. The van der Waals surface area contributed by atoms with Crippen LogP contribution in [-0.4, -0.2) is 44.1 Å². The number of rotatable bonds is 8. The molecule has 0 aromatic rings. The predicted molar refractivity (Wildman–Crippen MR) is 91.9 cm³/mol. The third-order valence-corrected chi connectivity index (χ3v) is 5.77. The fraction of sp³-hybridized carbons (Fsp3) is 0.875. The van der Waals surface area contributed by atoms with Gasteiger partial charge < -0.3 is 19.7 Å². The van der Waals surface area contributed by atoms with Crippen molar-refractivity contribution in [3.05, 3.63) is 0 Å². The van der Waals surface area contributed by atoms with Crippen LogP contribution < -0.4 is 5.73 Å². The van der Waals surface area contributed by atoms with Crippen molar-refractivity contribution in [1.82, 2.24) is 0 Å². The summed E-state index contributed by atoms with van der Waals surface area (Å²) in [4.78, 5) is 23.7. The van der Waals surface area contributed by atoms with Crippen molar-refractivity contribution in [1.29, 1.82) is 0 Å². The molecule has 0 radical (unpaired) electrons. The van der Waals surface area contributed by atoms with E-state index in [9.17, 15) is 14.2 Å². The van der Waals surface area contributed by atoms with E-state index in [0.29, 0.717) is 0 Å². The number of hydrogen-bond donors (Lipinski definition) is 1. The van der Waals surface area contributed by atoms with E-state index in [0.717, 1.165) is 6.42 Å².